The third-order valence-corrected chi connectivity index (χ3v) is 5.23. The SMILES string of the molecule is COC(=O)CS(=O)(=O)c1ccc(NCc2cccc(Br)c2)cc1. The van der Waals surface area contributed by atoms with E-state index in [4.69, 9.17) is 0 Å². The van der Waals surface area contributed by atoms with Crippen molar-refractivity contribution >= 4 is 37.4 Å². The summed E-state index contributed by atoms with van der Waals surface area (Å²) in [6.07, 6.45) is 0. The summed E-state index contributed by atoms with van der Waals surface area (Å²) in [4.78, 5) is 11.2. The predicted molar refractivity (Wildman–Crippen MR) is 92.0 cm³/mol. The fraction of sp³-hybridized carbons (Fsp3) is 0.188. The van der Waals surface area contributed by atoms with Gasteiger partial charge in [0, 0.05) is 16.7 Å². The van der Waals surface area contributed by atoms with Crippen molar-refractivity contribution in [1.29, 1.82) is 0 Å². The van der Waals surface area contributed by atoms with E-state index in [0.29, 0.717) is 6.54 Å². The van der Waals surface area contributed by atoms with Gasteiger partial charge in [-0.25, -0.2) is 8.42 Å². The topological polar surface area (TPSA) is 72.5 Å². The number of methoxy groups -OCH3 is 1. The number of nitrogens with one attached hydrogen (secondary N) is 1. The van der Waals surface area contributed by atoms with Crippen molar-refractivity contribution in [3.8, 4) is 0 Å². The average molecular weight is 398 g/mol. The lowest BCUT2D eigenvalue weighted by Gasteiger charge is -2.08. The van der Waals surface area contributed by atoms with Crippen molar-refractivity contribution in [2.24, 2.45) is 0 Å². The van der Waals surface area contributed by atoms with Gasteiger partial charge in [-0.1, -0.05) is 28.1 Å². The minimum Gasteiger partial charge on any atom is -0.468 e. The summed E-state index contributed by atoms with van der Waals surface area (Å²) >= 11 is 3.41. The van der Waals surface area contributed by atoms with Crippen LogP contribution in [0.2, 0.25) is 0 Å². The van der Waals surface area contributed by atoms with E-state index in [-0.39, 0.29) is 4.90 Å². The summed E-state index contributed by atoms with van der Waals surface area (Å²) in [6, 6.07) is 14.2. The second-order valence-electron chi connectivity index (χ2n) is 4.84. The van der Waals surface area contributed by atoms with Crippen LogP contribution in [0.1, 0.15) is 5.56 Å². The molecule has 7 heteroatoms. The molecule has 0 saturated heterocycles. The van der Waals surface area contributed by atoms with Gasteiger partial charge in [-0.3, -0.25) is 4.79 Å². The maximum absolute atomic E-state index is 12.0. The maximum Gasteiger partial charge on any atom is 0.321 e. The largest absolute Gasteiger partial charge is 0.468 e. The minimum absolute atomic E-state index is 0.0934. The zero-order valence-corrected chi connectivity index (χ0v) is 14.9. The smallest absolute Gasteiger partial charge is 0.321 e. The van der Waals surface area contributed by atoms with Crippen molar-refractivity contribution in [3.05, 3.63) is 58.6 Å². The van der Waals surface area contributed by atoms with Crippen LogP contribution in [-0.4, -0.2) is 27.2 Å². The van der Waals surface area contributed by atoms with Crippen LogP contribution >= 0.6 is 15.9 Å². The van der Waals surface area contributed by atoms with E-state index in [0.717, 1.165) is 22.8 Å². The standard InChI is InChI=1S/C16H16BrNO4S/c1-22-16(19)11-23(20,21)15-7-5-14(6-8-15)18-10-12-3-2-4-13(17)9-12/h2-9,18H,10-11H2,1H3. The van der Waals surface area contributed by atoms with Crippen LogP contribution < -0.4 is 5.32 Å². The van der Waals surface area contributed by atoms with E-state index in [1.54, 1.807) is 12.1 Å². The zero-order chi connectivity index (χ0) is 16.9. The Morgan fingerprint density at radius 1 is 1.17 bits per heavy atom. The molecule has 0 aliphatic carbocycles. The Kier molecular flexibility index (Phi) is 5.79. The first-order valence-electron chi connectivity index (χ1n) is 6.79. The van der Waals surface area contributed by atoms with Gasteiger partial charge >= 0.3 is 5.97 Å². The van der Waals surface area contributed by atoms with Crippen molar-refractivity contribution in [2.75, 3.05) is 18.2 Å². The van der Waals surface area contributed by atoms with E-state index in [9.17, 15) is 13.2 Å². The monoisotopic (exact) mass is 397 g/mol. The molecule has 0 unspecified atom stereocenters. The van der Waals surface area contributed by atoms with Crippen LogP contribution in [0.4, 0.5) is 5.69 Å². The van der Waals surface area contributed by atoms with Gasteiger partial charge in [0.2, 0.25) is 0 Å². The highest BCUT2D eigenvalue weighted by Gasteiger charge is 2.19. The molecule has 1 N–H and O–H groups in total. The second kappa shape index (κ2) is 7.61. The molecule has 0 bridgehead atoms. The van der Waals surface area contributed by atoms with E-state index >= 15 is 0 Å². The summed E-state index contributed by atoms with van der Waals surface area (Å²) in [5, 5.41) is 3.21. The summed E-state index contributed by atoms with van der Waals surface area (Å²) in [6.45, 7) is 0.619. The van der Waals surface area contributed by atoms with Crippen LogP contribution in [0, 0.1) is 0 Å². The minimum atomic E-state index is -3.67. The predicted octanol–water partition coefficient (Wildman–Crippen LogP) is 3.01. The number of carbonyl (C=O) groups is 1. The molecule has 0 saturated carbocycles. The van der Waals surface area contributed by atoms with E-state index < -0.39 is 21.6 Å². The molecule has 23 heavy (non-hydrogen) atoms. The zero-order valence-electron chi connectivity index (χ0n) is 12.5. The van der Waals surface area contributed by atoms with E-state index in [1.165, 1.54) is 12.1 Å². The maximum atomic E-state index is 12.0. The molecule has 0 aliphatic rings. The molecule has 0 radical (unpaired) electrons. The molecule has 0 heterocycles. The van der Waals surface area contributed by atoms with Crippen LogP contribution in [0.3, 0.4) is 0 Å². The highest BCUT2D eigenvalue weighted by Crippen LogP contribution is 2.17. The number of hydrogen-bond acceptors (Lipinski definition) is 5. The first-order chi connectivity index (χ1) is 10.9. The number of halogens is 1. The molecule has 0 spiro atoms. The molecule has 2 aromatic carbocycles. The highest BCUT2D eigenvalue weighted by molar-refractivity contribution is 9.10. The number of benzene rings is 2. The van der Waals surface area contributed by atoms with Crippen LogP contribution in [0.5, 0.6) is 0 Å². The van der Waals surface area contributed by atoms with Gasteiger partial charge in [-0.15, -0.1) is 0 Å². The molecular weight excluding hydrogens is 382 g/mol. The Morgan fingerprint density at radius 2 is 1.87 bits per heavy atom. The Morgan fingerprint density at radius 3 is 2.48 bits per heavy atom. The number of esters is 1. The summed E-state index contributed by atoms with van der Waals surface area (Å²) < 4.78 is 29.4. The molecule has 5 nitrogen and oxygen atoms in total. The molecule has 0 fully saturated rings. The highest BCUT2D eigenvalue weighted by atomic mass is 79.9. The summed E-state index contributed by atoms with van der Waals surface area (Å²) in [5.74, 6) is -1.43. The third-order valence-electron chi connectivity index (χ3n) is 3.13. The normalized spacial score (nSPS) is 11.0. The average Bonchev–Trinajstić information content (AvgIpc) is 2.53. The Balaban J connectivity index is 2.03. The Hall–Kier alpha value is -1.86. The first-order valence-corrected chi connectivity index (χ1v) is 9.23. The molecule has 0 atom stereocenters. The number of carbonyl (C=O) groups excluding carboxylic acids is 1. The molecular formula is C16H16BrNO4S. The van der Waals surface area contributed by atoms with Gasteiger partial charge in [-0.05, 0) is 42.0 Å². The fourth-order valence-corrected chi connectivity index (χ4v) is 3.52. The Labute approximate surface area is 143 Å². The van der Waals surface area contributed by atoms with Gasteiger partial charge in [0.15, 0.2) is 15.6 Å². The fourth-order valence-electron chi connectivity index (χ4n) is 1.93. The van der Waals surface area contributed by atoms with Crippen molar-refractivity contribution < 1.29 is 17.9 Å². The molecule has 122 valence electrons. The number of anilines is 1. The van der Waals surface area contributed by atoms with Gasteiger partial charge < -0.3 is 10.1 Å². The number of sulfone groups is 1. The van der Waals surface area contributed by atoms with Crippen molar-refractivity contribution in [2.45, 2.75) is 11.4 Å². The number of hydrogen-bond donors (Lipinski definition) is 1. The lowest BCUT2D eigenvalue weighted by Crippen LogP contribution is -2.17. The molecule has 0 amide bonds. The quantitative estimate of drug-likeness (QED) is 0.758. The van der Waals surface area contributed by atoms with E-state index in [2.05, 4.69) is 26.0 Å². The number of rotatable bonds is 6. The van der Waals surface area contributed by atoms with Crippen LogP contribution in [0.25, 0.3) is 0 Å². The molecule has 0 aromatic heterocycles. The summed E-state index contributed by atoms with van der Waals surface area (Å²) in [5.41, 5.74) is 1.89. The van der Waals surface area contributed by atoms with Gasteiger partial charge in [0.1, 0.15) is 0 Å². The van der Waals surface area contributed by atoms with E-state index in [1.807, 2.05) is 24.3 Å². The van der Waals surface area contributed by atoms with Gasteiger partial charge in [0.25, 0.3) is 0 Å². The van der Waals surface area contributed by atoms with Crippen molar-refractivity contribution in [1.82, 2.24) is 0 Å². The van der Waals surface area contributed by atoms with Crippen molar-refractivity contribution in [3.63, 3.8) is 0 Å². The molecule has 0 aliphatic heterocycles. The third kappa shape index (κ3) is 5.07. The molecule has 2 rings (SSSR count). The number of ether oxygens (including phenoxy) is 1. The molecule has 2 aromatic rings. The second-order valence-corrected chi connectivity index (χ2v) is 7.75. The lowest BCUT2D eigenvalue weighted by molar-refractivity contribution is -0.137. The van der Waals surface area contributed by atoms with Gasteiger partial charge in [-0.2, -0.15) is 0 Å². The van der Waals surface area contributed by atoms with Crippen LogP contribution in [-0.2, 0) is 25.9 Å². The first kappa shape index (κ1) is 17.5. The summed E-state index contributed by atoms with van der Waals surface area (Å²) in [7, 11) is -2.51. The Bertz CT molecular complexity index is 788. The van der Waals surface area contributed by atoms with Gasteiger partial charge in [0.05, 0.1) is 12.0 Å². The van der Waals surface area contributed by atoms with Crippen LogP contribution in [0.15, 0.2) is 57.9 Å². The lowest BCUT2D eigenvalue weighted by atomic mass is 10.2.